The summed E-state index contributed by atoms with van der Waals surface area (Å²) < 4.78 is 28.5. The van der Waals surface area contributed by atoms with Gasteiger partial charge < -0.3 is 14.8 Å². The highest BCUT2D eigenvalue weighted by Gasteiger charge is 2.15. The molecular weight excluding hydrogens is 413 g/mol. The van der Waals surface area contributed by atoms with Gasteiger partial charge >= 0.3 is 0 Å². The third-order valence-electron chi connectivity index (χ3n) is 4.21. The summed E-state index contributed by atoms with van der Waals surface area (Å²) in [4.78, 5) is 0. The lowest BCUT2D eigenvalue weighted by atomic mass is 10.1. The van der Waals surface area contributed by atoms with Crippen LogP contribution in [0.5, 0.6) is 5.75 Å². The van der Waals surface area contributed by atoms with Gasteiger partial charge in [-0.15, -0.1) is 0 Å². The maximum atomic E-state index is 14.7. The van der Waals surface area contributed by atoms with Gasteiger partial charge in [-0.05, 0) is 37.4 Å². The molecule has 3 rings (SSSR count). The molecule has 5 nitrogen and oxygen atoms in total. The molecule has 0 bridgehead atoms. The van der Waals surface area contributed by atoms with Crippen molar-refractivity contribution in [2.75, 3.05) is 33.4 Å². The van der Waals surface area contributed by atoms with Crippen LogP contribution in [-0.2, 0) is 11.8 Å². The molecule has 0 saturated carbocycles. The second-order valence-corrected chi connectivity index (χ2v) is 7.11. The number of nitrogens with one attached hydrogen (secondary N) is 1. The van der Waals surface area contributed by atoms with Crippen LogP contribution in [-0.4, -0.2) is 43.2 Å². The van der Waals surface area contributed by atoms with Crippen molar-refractivity contribution in [1.29, 1.82) is 0 Å². The van der Waals surface area contributed by atoms with Crippen molar-refractivity contribution in [1.82, 2.24) is 15.1 Å². The van der Waals surface area contributed by atoms with Crippen LogP contribution in [0.3, 0.4) is 0 Å². The van der Waals surface area contributed by atoms with E-state index >= 15 is 0 Å². The van der Waals surface area contributed by atoms with E-state index in [4.69, 9.17) is 9.47 Å². The summed E-state index contributed by atoms with van der Waals surface area (Å²) in [6, 6.07) is 10.8. The first-order chi connectivity index (χ1) is 13.1. The zero-order valence-corrected chi connectivity index (χ0v) is 17.1. The predicted octanol–water partition coefficient (Wildman–Crippen LogP) is 4.15. The highest BCUT2D eigenvalue weighted by Crippen LogP contribution is 2.32. The zero-order valence-electron chi connectivity index (χ0n) is 15.5. The van der Waals surface area contributed by atoms with Gasteiger partial charge in [0.2, 0.25) is 0 Å². The molecule has 2 aromatic carbocycles. The number of hydrogen-bond acceptors (Lipinski definition) is 4. The molecule has 0 unspecified atom stereocenters. The van der Waals surface area contributed by atoms with Crippen LogP contribution in [0.25, 0.3) is 22.2 Å². The lowest BCUT2D eigenvalue weighted by molar-refractivity contribution is 0.122. The van der Waals surface area contributed by atoms with Crippen LogP contribution in [0.2, 0.25) is 0 Å². The Morgan fingerprint density at radius 2 is 2.00 bits per heavy atom. The van der Waals surface area contributed by atoms with E-state index in [9.17, 15) is 4.39 Å². The molecule has 144 valence electrons. The van der Waals surface area contributed by atoms with E-state index in [0.29, 0.717) is 36.8 Å². The van der Waals surface area contributed by atoms with Gasteiger partial charge in [-0.25, -0.2) is 4.39 Å². The van der Waals surface area contributed by atoms with Crippen LogP contribution in [0.1, 0.15) is 6.42 Å². The van der Waals surface area contributed by atoms with Crippen molar-refractivity contribution >= 4 is 26.8 Å². The molecule has 0 fully saturated rings. The molecule has 0 amide bonds. The minimum absolute atomic E-state index is 0.347. The van der Waals surface area contributed by atoms with E-state index in [1.165, 1.54) is 6.07 Å². The summed E-state index contributed by atoms with van der Waals surface area (Å²) in [6.07, 6.45) is 0.757. The number of aryl methyl sites for hydroxylation is 1. The Bertz CT molecular complexity index is 914. The van der Waals surface area contributed by atoms with E-state index in [1.807, 2.05) is 32.3 Å². The highest BCUT2D eigenvalue weighted by molar-refractivity contribution is 9.10. The lowest BCUT2D eigenvalue weighted by Gasteiger charge is -2.08. The molecule has 7 heteroatoms. The molecule has 0 radical (unpaired) electrons. The monoisotopic (exact) mass is 435 g/mol. The maximum absolute atomic E-state index is 14.7. The molecule has 0 saturated heterocycles. The van der Waals surface area contributed by atoms with Crippen LogP contribution < -0.4 is 10.1 Å². The number of halogens is 2. The number of ether oxygens (including phenoxy) is 2. The summed E-state index contributed by atoms with van der Waals surface area (Å²) >= 11 is 3.46. The van der Waals surface area contributed by atoms with Gasteiger partial charge in [-0.3, -0.25) is 4.68 Å². The molecule has 0 aliphatic rings. The SMILES string of the molecule is CNCCOCCCOc1ccc(-c2nn(C)c3cc(Br)ccc23)c(F)c1. The Balaban J connectivity index is 1.67. The molecule has 3 aromatic rings. The fourth-order valence-electron chi connectivity index (χ4n) is 2.83. The largest absolute Gasteiger partial charge is 0.493 e. The summed E-state index contributed by atoms with van der Waals surface area (Å²) in [5, 5.41) is 8.42. The van der Waals surface area contributed by atoms with Crippen molar-refractivity contribution in [3.8, 4) is 17.0 Å². The first-order valence-electron chi connectivity index (χ1n) is 8.87. The van der Waals surface area contributed by atoms with Gasteiger partial charge in [-0.2, -0.15) is 5.10 Å². The van der Waals surface area contributed by atoms with E-state index in [1.54, 1.807) is 16.8 Å². The van der Waals surface area contributed by atoms with Gasteiger partial charge in [0.25, 0.3) is 0 Å². The molecule has 0 aliphatic carbocycles. The molecule has 27 heavy (non-hydrogen) atoms. The van der Waals surface area contributed by atoms with Crippen LogP contribution in [0, 0.1) is 5.82 Å². The number of likely N-dealkylation sites (N-methyl/N-ethyl adjacent to an activating group) is 1. The van der Waals surface area contributed by atoms with E-state index in [2.05, 4.69) is 26.3 Å². The summed E-state index contributed by atoms with van der Waals surface area (Å²) in [6.45, 7) is 2.61. The van der Waals surface area contributed by atoms with Crippen molar-refractivity contribution in [3.63, 3.8) is 0 Å². The fourth-order valence-corrected chi connectivity index (χ4v) is 3.18. The molecule has 1 aromatic heterocycles. The molecule has 0 spiro atoms. The second kappa shape index (κ2) is 9.30. The fraction of sp³-hybridized carbons (Fsp3) is 0.350. The summed E-state index contributed by atoms with van der Waals surface area (Å²) in [7, 11) is 3.74. The number of nitrogens with zero attached hydrogens (tertiary/aromatic N) is 2. The normalized spacial score (nSPS) is 11.3. The quantitative estimate of drug-likeness (QED) is 0.513. The Morgan fingerprint density at radius 1 is 1.15 bits per heavy atom. The standard InChI is InChI=1S/C20H23BrFN3O2/c1-23-8-11-26-9-3-10-27-15-5-7-16(18(22)13-15)20-17-6-4-14(21)12-19(17)25(2)24-20/h4-7,12-13,23H,3,8-11H2,1-2H3. The minimum atomic E-state index is -0.347. The van der Waals surface area contributed by atoms with Gasteiger partial charge in [0, 0.05) is 48.1 Å². The average Bonchev–Trinajstić information content (AvgIpc) is 2.97. The Hall–Kier alpha value is -1.96. The molecule has 1 heterocycles. The average molecular weight is 436 g/mol. The highest BCUT2D eigenvalue weighted by atomic mass is 79.9. The molecule has 0 atom stereocenters. The van der Waals surface area contributed by atoms with Crippen molar-refractivity contribution in [2.24, 2.45) is 7.05 Å². The Morgan fingerprint density at radius 3 is 2.78 bits per heavy atom. The Kier molecular flexibility index (Phi) is 6.82. The van der Waals surface area contributed by atoms with Gasteiger partial charge in [0.1, 0.15) is 17.3 Å². The van der Waals surface area contributed by atoms with Crippen LogP contribution in [0.15, 0.2) is 40.9 Å². The maximum Gasteiger partial charge on any atom is 0.136 e. The first kappa shape index (κ1) is 19.8. The zero-order chi connectivity index (χ0) is 19.2. The summed E-state index contributed by atoms with van der Waals surface area (Å²) in [5.41, 5.74) is 2.03. The number of fused-ring (bicyclic) bond motifs is 1. The number of rotatable bonds is 9. The van der Waals surface area contributed by atoms with Crippen LogP contribution in [0.4, 0.5) is 4.39 Å². The molecule has 1 N–H and O–H groups in total. The predicted molar refractivity (Wildman–Crippen MR) is 109 cm³/mol. The van der Waals surface area contributed by atoms with E-state index in [0.717, 1.165) is 28.3 Å². The van der Waals surface area contributed by atoms with Gasteiger partial charge in [0.05, 0.1) is 18.7 Å². The minimum Gasteiger partial charge on any atom is -0.493 e. The molecular formula is C20H23BrFN3O2. The number of aromatic nitrogens is 2. The number of hydrogen-bond donors (Lipinski definition) is 1. The van der Waals surface area contributed by atoms with E-state index in [-0.39, 0.29) is 5.82 Å². The lowest BCUT2D eigenvalue weighted by Crippen LogP contribution is -2.15. The van der Waals surface area contributed by atoms with Crippen molar-refractivity contribution < 1.29 is 13.9 Å². The topological polar surface area (TPSA) is 48.3 Å². The van der Waals surface area contributed by atoms with E-state index < -0.39 is 0 Å². The van der Waals surface area contributed by atoms with Crippen LogP contribution >= 0.6 is 15.9 Å². The van der Waals surface area contributed by atoms with Gasteiger partial charge in [0.15, 0.2) is 0 Å². The van der Waals surface area contributed by atoms with Gasteiger partial charge in [-0.1, -0.05) is 15.9 Å². The smallest absolute Gasteiger partial charge is 0.136 e. The first-order valence-corrected chi connectivity index (χ1v) is 9.67. The summed E-state index contributed by atoms with van der Waals surface area (Å²) in [5.74, 6) is 0.162. The van der Waals surface area contributed by atoms with Crippen molar-refractivity contribution in [3.05, 3.63) is 46.7 Å². The second-order valence-electron chi connectivity index (χ2n) is 6.19. The van der Waals surface area contributed by atoms with Crippen molar-refractivity contribution in [2.45, 2.75) is 6.42 Å². The number of benzene rings is 2. The third-order valence-corrected chi connectivity index (χ3v) is 4.70. The Labute approximate surface area is 166 Å². The third kappa shape index (κ3) is 4.86. The molecule has 0 aliphatic heterocycles.